The van der Waals surface area contributed by atoms with Crippen LogP contribution in [0.3, 0.4) is 0 Å². The molecule has 1 saturated heterocycles. The summed E-state index contributed by atoms with van der Waals surface area (Å²) in [5.41, 5.74) is 4.72. The van der Waals surface area contributed by atoms with Crippen LogP contribution in [0.5, 0.6) is 5.75 Å². The third kappa shape index (κ3) is 5.92. The maximum Gasteiger partial charge on any atom is 0.295 e. The summed E-state index contributed by atoms with van der Waals surface area (Å²) in [7, 11) is 1.60. The summed E-state index contributed by atoms with van der Waals surface area (Å²) >= 11 is 0. The van der Waals surface area contributed by atoms with Crippen molar-refractivity contribution >= 4 is 17.4 Å². The second-order valence-electron chi connectivity index (χ2n) is 9.24. The molecule has 4 rings (SSSR count). The Hall–Kier alpha value is -3.90. The van der Waals surface area contributed by atoms with Gasteiger partial charge in [-0.15, -0.1) is 0 Å². The fourth-order valence-corrected chi connectivity index (χ4v) is 4.61. The van der Waals surface area contributed by atoms with Crippen molar-refractivity contribution in [1.82, 2.24) is 4.90 Å². The number of Topliss-reactive ketones (excluding diaryl/α,β-unsaturated/α-hetero) is 1. The molecule has 0 bridgehead atoms. The number of carbonyl (C=O) groups excluding carboxylic acids is 2. The third-order valence-electron chi connectivity index (χ3n) is 6.61. The molecule has 192 valence electrons. The summed E-state index contributed by atoms with van der Waals surface area (Å²) in [5, 5.41) is 11.3. The van der Waals surface area contributed by atoms with Crippen LogP contribution in [-0.2, 0) is 27.4 Å². The molecular formula is C31H33NO5. The fraction of sp³-hybridized carbons (Fsp3) is 0.290. The highest BCUT2D eigenvalue weighted by molar-refractivity contribution is 6.46. The summed E-state index contributed by atoms with van der Waals surface area (Å²) in [5.74, 6) is -0.841. The largest absolute Gasteiger partial charge is 0.507 e. The molecule has 1 aliphatic heterocycles. The van der Waals surface area contributed by atoms with Crippen LogP contribution in [0.15, 0.2) is 78.4 Å². The Labute approximate surface area is 218 Å². The Morgan fingerprint density at radius 1 is 0.973 bits per heavy atom. The van der Waals surface area contributed by atoms with E-state index in [1.54, 1.807) is 31.4 Å². The Morgan fingerprint density at radius 3 is 2.35 bits per heavy atom. The fourth-order valence-electron chi connectivity index (χ4n) is 4.61. The molecule has 1 aliphatic rings. The minimum Gasteiger partial charge on any atom is -0.507 e. The molecule has 0 aromatic heterocycles. The molecule has 6 nitrogen and oxygen atoms in total. The van der Waals surface area contributed by atoms with Crippen molar-refractivity contribution in [2.24, 2.45) is 0 Å². The summed E-state index contributed by atoms with van der Waals surface area (Å²) in [4.78, 5) is 27.7. The van der Waals surface area contributed by atoms with Crippen LogP contribution in [0, 0.1) is 6.92 Å². The molecule has 37 heavy (non-hydrogen) atoms. The molecule has 1 heterocycles. The lowest BCUT2D eigenvalue weighted by molar-refractivity contribution is -0.140. The number of rotatable bonds is 10. The van der Waals surface area contributed by atoms with E-state index in [-0.39, 0.29) is 11.3 Å². The minimum atomic E-state index is -0.681. The molecule has 0 saturated carbocycles. The van der Waals surface area contributed by atoms with Crippen LogP contribution >= 0.6 is 0 Å². The first-order chi connectivity index (χ1) is 17.9. The van der Waals surface area contributed by atoms with Crippen molar-refractivity contribution in [3.63, 3.8) is 0 Å². The van der Waals surface area contributed by atoms with Crippen LogP contribution in [-0.4, -0.2) is 42.0 Å². The minimum absolute atomic E-state index is 0.0973. The van der Waals surface area contributed by atoms with Gasteiger partial charge < -0.3 is 19.5 Å². The highest BCUT2D eigenvalue weighted by atomic mass is 16.5. The molecule has 0 radical (unpaired) electrons. The first-order valence-electron chi connectivity index (χ1n) is 12.6. The van der Waals surface area contributed by atoms with Crippen molar-refractivity contribution in [3.05, 3.63) is 106 Å². The highest BCUT2D eigenvalue weighted by Crippen LogP contribution is 2.39. The molecule has 1 amide bonds. The van der Waals surface area contributed by atoms with Crippen LogP contribution in [0.4, 0.5) is 0 Å². The van der Waals surface area contributed by atoms with Gasteiger partial charge in [-0.1, -0.05) is 61.0 Å². The third-order valence-corrected chi connectivity index (χ3v) is 6.61. The SMILES string of the molecule is CCc1ccc(C2C(=C(O)c3ccc(OCc4cccc(C)c4)cc3)C(=O)C(=O)N2CCCOC)cc1. The van der Waals surface area contributed by atoms with E-state index in [4.69, 9.17) is 9.47 Å². The Kier molecular flexibility index (Phi) is 8.41. The van der Waals surface area contributed by atoms with Crippen molar-refractivity contribution in [2.75, 3.05) is 20.3 Å². The number of hydrogen-bond acceptors (Lipinski definition) is 5. The van der Waals surface area contributed by atoms with Gasteiger partial charge in [-0.05, 0) is 60.7 Å². The number of benzene rings is 3. The van der Waals surface area contributed by atoms with E-state index in [1.165, 1.54) is 10.5 Å². The molecule has 1 unspecified atom stereocenters. The van der Waals surface area contributed by atoms with Gasteiger partial charge in [0.25, 0.3) is 11.7 Å². The van der Waals surface area contributed by atoms with Crippen molar-refractivity contribution in [3.8, 4) is 5.75 Å². The number of aryl methyl sites for hydroxylation is 2. The highest BCUT2D eigenvalue weighted by Gasteiger charge is 2.45. The van der Waals surface area contributed by atoms with Gasteiger partial charge in [-0.3, -0.25) is 9.59 Å². The Morgan fingerprint density at radius 2 is 1.70 bits per heavy atom. The van der Waals surface area contributed by atoms with Crippen LogP contribution < -0.4 is 4.74 Å². The molecular weight excluding hydrogens is 466 g/mol. The average Bonchev–Trinajstić information content (AvgIpc) is 3.17. The van der Waals surface area contributed by atoms with E-state index in [9.17, 15) is 14.7 Å². The predicted molar refractivity (Wildman–Crippen MR) is 143 cm³/mol. The van der Waals surface area contributed by atoms with Crippen molar-refractivity contribution in [1.29, 1.82) is 0 Å². The van der Waals surface area contributed by atoms with Gasteiger partial charge in [0.1, 0.15) is 18.1 Å². The maximum atomic E-state index is 13.2. The van der Waals surface area contributed by atoms with E-state index < -0.39 is 17.7 Å². The van der Waals surface area contributed by atoms with Crippen LogP contribution in [0.25, 0.3) is 5.76 Å². The summed E-state index contributed by atoms with van der Waals surface area (Å²) in [6.07, 6.45) is 1.46. The standard InChI is InChI=1S/C31H33NO5/c1-4-22-9-11-24(12-10-22)28-27(30(34)31(35)32(28)17-6-18-36-3)29(33)25-13-15-26(16-14-25)37-20-23-8-5-7-21(2)19-23/h5,7-16,19,28,33H,4,6,17-18,20H2,1-3H3. The molecule has 0 spiro atoms. The molecule has 3 aromatic rings. The Balaban J connectivity index is 1.63. The van der Waals surface area contributed by atoms with Gasteiger partial charge in [0.15, 0.2) is 0 Å². The van der Waals surface area contributed by atoms with E-state index in [1.807, 2.05) is 49.4 Å². The molecule has 0 aliphatic carbocycles. The average molecular weight is 500 g/mol. The molecule has 6 heteroatoms. The zero-order chi connectivity index (χ0) is 26.4. The summed E-state index contributed by atoms with van der Waals surface area (Å²) in [6, 6.07) is 22.2. The maximum absolute atomic E-state index is 13.2. The summed E-state index contributed by atoms with van der Waals surface area (Å²) < 4.78 is 11.0. The van der Waals surface area contributed by atoms with Crippen LogP contribution in [0.1, 0.15) is 47.2 Å². The van der Waals surface area contributed by atoms with Crippen molar-refractivity contribution in [2.45, 2.75) is 39.3 Å². The number of amides is 1. The van der Waals surface area contributed by atoms with Gasteiger partial charge >= 0.3 is 0 Å². The zero-order valence-corrected chi connectivity index (χ0v) is 21.6. The zero-order valence-electron chi connectivity index (χ0n) is 21.6. The van der Waals surface area contributed by atoms with E-state index in [0.29, 0.717) is 37.5 Å². The number of likely N-dealkylation sites (tertiary alicyclic amines) is 1. The predicted octanol–water partition coefficient (Wildman–Crippen LogP) is 5.59. The molecule has 1 N–H and O–H groups in total. The smallest absolute Gasteiger partial charge is 0.295 e. The van der Waals surface area contributed by atoms with Gasteiger partial charge in [0.05, 0.1) is 11.6 Å². The lowest BCUT2D eigenvalue weighted by Crippen LogP contribution is -2.31. The quantitative estimate of drug-likeness (QED) is 0.170. The lowest BCUT2D eigenvalue weighted by Gasteiger charge is -2.25. The number of aliphatic hydroxyl groups is 1. The van der Waals surface area contributed by atoms with Gasteiger partial charge in [-0.2, -0.15) is 0 Å². The number of methoxy groups -OCH3 is 1. The second kappa shape index (κ2) is 11.9. The number of ether oxygens (including phenoxy) is 2. The number of aliphatic hydroxyl groups excluding tert-OH is 1. The lowest BCUT2D eigenvalue weighted by atomic mass is 9.94. The molecule has 1 atom stereocenters. The number of carbonyl (C=O) groups is 2. The van der Waals surface area contributed by atoms with Crippen LogP contribution in [0.2, 0.25) is 0 Å². The van der Waals surface area contributed by atoms with E-state index in [2.05, 4.69) is 13.0 Å². The second-order valence-corrected chi connectivity index (χ2v) is 9.24. The monoisotopic (exact) mass is 499 g/mol. The molecule has 3 aromatic carbocycles. The molecule has 1 fully saturated rings. The number of ketones is 1. The first-order valence-corrected chi connectivity index (χ1v) is 12.6. The van der Waals surface area contributed by atoms with Gasteiger partial charge in [0, 0.05) is 25.8 Å². The summed E-state index contributed by atoms with van der Waals surface area (Å²) in [6.45, 7) is 5.34. The topological polar surface area (TPSA) is 76.1 Å². The number of nitrogens with zero attached hydrogens (tertiary/aromatic N) is 1. The number of hydrogen-bond donors (Lipinski definition) is 1. The first kappa shape index (κ1) is 26.2. The Bertz CT molecular complexity index is 1280. The van der Waals surface area contributed by atoms with Gasteiger partial charge in [-0.25, -0.2) is 0 Å². The van der Waals surface area contributed by atoms with E-state index in [0.717, 1.165) is 23.1 Å². The normalized spacial score (nSPS) is 16.8. The van der Waals surface area contributed by atoms with E-state index >= 15 is 0 Å². The van der Waals surface area contributed by atoms with Gasteiger partial charge in [0.2, 0.25) is 0 Å². The van der Waals surface area contributed by atoms with Crippen molar-refractivity contribution < 1.29 is 24.2 Å².